The van der Waals surface area contributed by atoms with E-state index in [9.17, 15) is 0 Å². The van der Waals surface area contributed by atoms with Crippen molar-refractivity contribution >= 4 is 17.2 Å². The van der Waals surface area contributed by atoms with Crippen LogP contribution < -0.4 is 5.73 Å². The van der Waals surface area contributed by atoms with Crippen LogP contribution in [-0.4, -0.2) is 34.7 Å². The van der Waals surface area contributed by atoms with E-state index < -0.39 is 0 Å². The second-order valence-electron chi connectivity index (χ2n) is 4.01. The van der Waals surface area contributed by atoms with Crippen LogP contribution in [0.25, 0.3) is 0 Å². The SMILES string of the molecule is CCN(CCCO)Cc1cccc(C(N)=S)c1. The molecule has 17 heavy (non-hydrogen) atoms. The molecule has 1 aromatic carbocycles. The van der Waals surface area contributed by atoms with E-state index >= 15 is 0 Å². The van der Waals surface area contributed by atoms with E-state index in [1.807, 2.05) is 18.2 Å². The molecule has 0 aliphatic heterocycles. The number of aliphatic hydroxyl groups is 1. The van der Waals surface area contributed by atoms with Gasteiger partial charge in [0.15, 0.2) is 0 Å². The molecule has 0 fully saturated rings. The lowest BCUT2D eigenvalue weighted by Gasteiger charge is -2.20. The predicted octanol–water partition coefficient (Wildman–Crippen LogP) is 1.53. The zero-order valence-corrected chi connectivity index (χ0v) is 11.0. The first kappa shape index (κ1) is 14.1. The molecule has 0 aliphatic rings. The highest BCUT2D eigenvalue weighted by Crippen LogP contribution is 2.08. The van der Waals surface area contributed by atoms with Crippen molar-refractivity contribution in [2.24, 2.45) is 5.73 Å². The molecule has 0 spiro atoms. The number of hydrogen-bond donors (Lipinski definition) is 2. The van der Waals surface area contributed by atoms with Gasteiger partial charge in [0, 0.05) is 25.3 Å². The van der Waals surface area contributed by atoms with Crippen LogP contribution in [0, 0.1) is 0 Å². The van der Waals surface area contributed by atoms with Crippen molar-refractivity contribution in [2.45, 2.75) is 19.9 Å². The van der Waals surface area contributed by atoms with Gasteiger partial charge < -0.3 is 10.8 Å². The second kappa shape index (κ2) is 7.37. The van der Waals surface area contributed by atoms with Crippen LogP contribution in [0.1, 0.15) is 24.5 Å². The summed E-state index contributed by atoms with van der Waals surface area (Å²) in [7, 11) is 0. The van der Waals surface area contributed by atoms with E-state index in [4.69, 9.17) is 23.1 Å². The zero-order valence-electron chi connectivity index (χ0n) is 10.2. The molecule has 3 N–H and O–H groups in total. The van der Waals surface area contributed by atoms with Gasteiger partial charge in [0.1, 0.15) is 4.99 Å². The van der Waals surface area contributed by atoms with Gasteiger partial charge >= 0.3 is 0 Å². The summed E-state index contributed by atoms with van der Waals surface area (Å²) in [5.41, 5.74) is 7.73. The number of rotatable bonds is 7. The van der Waals surface area contributed by atoms with Crippen LogP contribution >= 0.6 is 12.2 Å². The lowest BCUT2D eigenvalue weighted by atomic mass is 10.1. The second-order valence-corrected chi connectivity index (χ2v) is 4.45. The zero-order chi connectivity index (χ0) is 12.7. The van der Waals surface area contributed by atoms with Crippen molar-refractivity contribution in [3.63, 3.8) is 0 Å². The fourth-order valence-corrected chi connectivity index (χ4v) is 1.85. The van der Waals surface area contributed by atoms with E-state index in [1.165, 1.54) is 5.56 Å². The molecule has 0 bridgehead atoms. The van der Waals surface area contributed by atoms with Gasteiger partial charge in [0.05, 0.1) is 0 Å². The third-order valence-corrected chi connectivity index (χ3v) is 2.93. The average molecular weight is 252 g/mol. The average Bonchev–Trinajstić information content (AvgIpc) is 2.34. The van der Waals surface area contributed by atoms with Crippen LogP contribution in [0.15, 0.2) is 24.3 Å². The van der Waals surface area contributed by atoms with Crippen molar-refractivity contribution in [3.05, 3.63) is 35.4 Å². The Morgan fingerprint density at radius 3 is 2.82 bits per heavy atom. The molecule has 0 aliphatic carbocycles. The van der Waals surface area contributed by atoms with Crippen molar-refractivity contribution in [2.75, 3.05) is 19.7 Å². The molecule has 0 atom stereocenters. The standard InChI is InChI=1S/C13H20N2OS/c1-2-15(7-4-8-16)10-11-5-3-6-12(9-11)13(14)17/h3,5-6,9,16H,2,4,7-8,10H2,1H3,(H2,14,17). The van der Waals surface area contributed by atoms with Crippen LogP contribution in [0.2, 0.25) is 0 Å². The molecule has 0 heterocycles. The Hall–Kier alpha value is -0.970. The van der Waals surface area contributed by atoms with Crippen molar-refractivity contribution in [1.82, 2.24) is 4.90 Å². The Balaban J connectivity index is 2.65. The van der Waals surface area contributed by atoms with E-state index in [2.05, 4.69) is 17.9 Å². The monoisotopic (exact) mass is 252 g/mol. The van der Waals surface area contributed by atoms with Gasteiger partial charge in [-0.1, -0.05) is 37.3 Å². The number of thiocarbonyl (C=S) groups is 1. The van der Waals surface area contributed by atoms with Gasteiger partial charge in [-0.2, -0.15) is 0 Å². The Morgan fingerprint density at radius 1 is 1.47 bits per heavy atom. The molecule has 1 rings (SSSR count). The Bertz CT molecular complexity index is 368. The normalized spacial score (nSPS) is 10.8. The number of aliphatic hydroxyl groups excluding tert-OH is 1. The first-order valence-corrected chi connectivity index (χ1v) is 6.30. The van der Waals surface area contributed by atoms with Crippen LogP contribution in [0.5, 0.6) is 0 Å². The Kier molecular flexibility index (Phi) is 6.11. The van der Waals surface area contributed by atoms with E-state index in [0.29, 0.717) is 4.99 Å². The molecule has 0 aromatic heterocycles. The molecule has 0 saturated carbocycles. The van der Waals surface area contributed by atoms with E-state index in [-0.39, 0.29) is 6.61 Å². The highest BCUT2D eigenvalue weighted by atomic mass is 32.1. The first-order chi connectivity index (χ1) is 8.17. The van der Waals surface area contributed by atoms with Gasteiger partial charge in [-0.3, -0.25) is 4.90 Å². The predicted molar refractivity (Wildman–Crippen MR) is 75.0 cm³/mol. The largest absolute Gasteiger partial charge is 0.396 e. The molecule has 0 radical (unpaired) electrons. The third kappa shape index (κ3) is 4.81. The van der Waals surface area contributed by atoms with Crippen LogP contribution in [0.3, 0.4) is 0 Å². The van der Waals surface area contributed by atoms with Gasteiger partial charge in [0.2, 0.25) is 0 Å². The fourth-order valence-electron chi connectivity index (χ4n) is 1.72. The summed E-state index contributed by atoms with van der Waals surface area (Å²) in [4.78, 5) is 2.72. The van der Waals surface area contributed by atoms with Gasteiger partial charge in [-0.05, 0) is 24.6 Å². The lowest BCUT2D eigenvalue weighted by molar-refractivity contribution is 0.225. The number of hydrogen-bond acceptors (Lipinski definition) is 3. The molecule has 3 nitrogen and oxygen atoms in total. The Labute approximate surface area is 108 Å². The minimum Gasteiger partial charge on any atom is -0.396 e. The number of benzene rings is 1. The quantitative estimate of drug-likeness (QED) is 0.723. The first-order valence-electron chi connectivity index (χ1n) is 5.89. The van der Waals surface area contributed by atoms with E-state index in [1.54, 1.807) is 0 Å². The van der Waals surface area contributed by atoms with Gasteiger partial charge in [-0.25, -0.2) is 0 Å². The third-order valence-electron chi connectivity index (χ3n) is 2.70. The molecule has 0 amide bonds. The molecular weight excluding hydrogens is 232 g/mol. The van der Waals surface area contributed by atoms with Gasteiger partial charge in [-0.15, -0.1) is 0 Å². The molecule has 1 aromatic rings. The molecule has 94 valence electrons. The fraction of sp³-hybridized carbons (Fsp3) is 0.462. The summed E-state index contributed by atoms with van der Waals surface area (Å²) in [6.07, 6.45) is 0.808. The molecule has 4 heteroatoms. The highest BCUT2D eigenvalue weighted by molar-refractivity contribution is 7.80. The summed E-state index contributed by atoms with van der Waals surface area (Å²) >= 11 is 4.96. The minimum absolute atomic E-state index is 0.240. The number of nitrogens with two attached hydrogens (primary N) is 1. The Morgan fingerprint density at radius 2 is 2.24 bits per heavy atom. The summed E-state index contributed by atoms with van der Waals surface area (Å²) in [6, 6.07) is 8.01. The molecule has 0 unspecified atom stereocenters. The van der Waals surface area contributed by atoms with Crippen LogP contribution in [-0.2, 0) is 6.54 Å². The summed E-state index contributed by atoms with van der Waals surface area (Å²) in [6.45, 7) is 5.10. The summed E-state index contributed by atoms with van der Waals surface area (Å²) in [5, 5.41) is 8.83. The van der Waals surface area contributed by atoms with Crippen molar-refractivity contribution in [3.8, 4) is 0 Å². The van der Waals surface area contributed by atoms with Crippen molar-refractivity contribution < 1.29 is 5.11 Å². The molecular formula is C13H20N2OS. The summed E-state index contributed by atoms with van der Waals surface area (Å²) in [5.74, 6) is 0. The maximum Gasteiger partial charge on any atom is 0.103 e. The topological polar surface area (TPSA) is 49.5 Å². The molecule has 0 saturated heterocycles. The maximum absolute atomic E-state index is 8.83. The van der Waals surface area contributed by atoms with Crippen molar-refractivity contribution in [1.29, 1.82) is 0 Å². The summed E-state index contributed by atoms with van der Waals surface area (Å²) < 4.78 is 0. The van der Waals surface area contributed by atoms with E-state index in [0.717, 1.165) is 31.6 Å². The minimum atomic E-state index is 0.240. The van der Waals surface area contributed by atoms with Gasteiger partial charge in [0.25, 0.3) is 0 Å². The lowest BCUT2D eigenvalue weighted by Crippen LogP contribution is -2.24. The van der Waals surface area contributed by atoms with Crippen LogP contribution in [0.4, 0.5) is 0 Å². The highest BCUT2D eigenvalue weighted by Gasteiger charge is 2.04. The smallest absolute Gasteiger partial charge is 0.103 e. The maximum atomic E-state index is 8.83. The number of nitrogens with zero attached hydrogens (tertiary/aromatic N) is 1.